The molecule has 2 aliphatic carbocycles. The molecule has 0 aromatic rings. The lowest BCUT2D eigenvalue weighted by Gasteiger charge is -2.41. The number of allylic oxidation sites excluding steroid dienone is 3. The van der Waals surface area contributed by atoms with Crippen molar-refractivity contribution >= 4 is 17.9 Å². The molecule has 2 aliphatic heterocycles. The van der Waals surface area contributed by atoms with Crippen molar-refractivity contribution < 1.29 is 43.2 Å². The first-order chi connectivity index (χ1) is 19.3. The maximum Gasteiger partial charge on any atom is 0.330 e. The van der Waals surface area contributed by atoms with E-state index in [4.69, 9.17) is 23.7 Å². The lowest BCUT2D eigenvalue weighted by atomic mass is 9.71. The van der Waals surface area contributed by atoms with Crippen molar-refractivity contribution in [3.8, 4) is 0 Å². The van der Waals surface area contributed by atoms with Gasteiger partial charge in [-0.2, -0.15) is 0 Å². The summed E-state index contributed by atoms with van der Waals surface area (Å²) in [4.78, 5) is 36.1. The minimum Gasteiger partial charge on any atom is -0.462 e. The summed E-state index contributed by atoms with van der Waals surface area (Å²) in [5.41, 5.74) is -0.404. The Bertz CT molecular complexity index is 1010. The number of carbonyl (C=O) groups is 3. The van der Waals surface area contributed by atoms with E-state index in [1.807, 2.05) is 6.08 Å². The standard InChI is InChI=1S/C31H44O9/c1-4-5-6-7-8-9-10-11-12-13-25(35)38-19-30(18-32)24-14-15-31(20-39-31)28-26(27(24)30)23(16-36-21(2)33)17-37-29(28)40-22(3)34/h10-13,17,24,26-29,32H,4-9,14-16,18-20H2,1-3H3. The van der Waals surface area contributed by atoms with E-state index in [1.165, 1.54) is 51.9 Å². The van der Waals surface area contributed by atoms with Gasteiger partial charge in [-0.1, -0.05) is 50.8 Å². The molecule has 0 aromatic carbocycles. The lowest BCUT2D eigenvalue weighted by molar-refractivity contribution is -0.193. The van der Waals surface area contributed by atoms with Gasteiger partial charge in [0.15, 0.2) is 0 Å². The summed E-state index contributed by atoms with van der Waals surface area (Å²) in [7, 11) is 0. The first-order valence-corrected chi connectivity index (χ1v) is 14.7. The minimum atomic E-state index is -0.856. The van der Waals surface area contributed by atoms with Gasteiger partial charge >= 0.3 is 17.9 Å². The van der Waals surface area contributed by atoms with E-state index in [1.54, 1.807) is 6.08 Å². The van der Waals surface area contributed by atoms with Crippen molar-refractivity contribution in [1.29, 1.82) is 0 Å². The molecule has 9 nitrogen and oxygen atoms in total. The van der Waals surface area contributed by atoms with Crippen LogP contribution in [-0.2, 0) is 38.1 Å². The summed E-state index contributed by atoms with van der Waals surface area (Å²) in [5.74, 6) is -1.94. The number of hydrogen-bond acceptors (Lipinski definition) is 9. The second-order valence-corrected chi connectivity index (χ2v) is 11.7. The molecule has 9 heteroatoms. The third kappa shape index (κ3) is 6.79. The zero-order valence-electron chi connectivity index (χ0n) is 24.0. The third-order valence-corrected chi connectivity index (χ3v) is 9.03. The van der Waals surface area contributed by atoms with Crippen molar-refractivity contribution in [3.05, 3.63) is 36.1 Å². The summed E-state index contributed by atoms with van der Waals surface area (Å²) in [6.07, 6.45) is 16.3. The van der Waals surface area contributed by atoms with E-state index in [0.29, 0.717) is 13.0 Å². The van der Waals surface area contributed by atoms with Gasteiger partial charge in [0, 0.05) is 36.8 Å². The number of esters is 3. The fourth-order valence-corrected chi connectivity index (χ4v) is 6.91. The van der Waals surface area contributed by atoms with Crippen molar-refractivity contribution in [2.75, 3.05) is 26.4 Å². The van der Waals surface area contributed by atoms with Crippen molar-refractivity contribution in [2.45, 2.75) is 84.0 Å². The summed E-state index contributed by atoms with van der Waals surface area (Å²) in [6, 6.07) is 0. The maximum atomic E-state index is 12.5. The van der Waals surface area contributed by atoms with Gasteiger partial charge in [0.25, 0.3) is 0 Å². The monoisotopic (exact) mass is 560 g/mol. The van der Waals surface area contributed by atoms with Crippen molar-refractivity contribution in [1.82, 2.24) is 0 Å². The summed E-state index contributed by atoms with van der Waals surface area (Å²) < 4.78 is 28.4. The summed E-state index contributed by atoms with van der Waals surface area (Å²) in [6.45, 7) is 5.34. The SMILES string of the molecule is CCCCCCCC=CC=CC(=O)OCC1(CO)C2CCC3(CO3)C3C(OC(C)=O)OC=C(COC(C)=O)C3C21. The van der Waals surface area contributed by atoms with Crippen molar-refractivity contribution in [3.63, 3.8) is 0 Å². The Morgan fingerprint density at radius 3 is 2.52 bits per heavy atom. The zero-order chi connectivity index (χ0) is 28.8. The highest BCUT2D eigenvalue weighted by atomic mass is 16.7. The number of carbonyl (C=O) groups excluding carboxylic acids is 3. The number of aliphatic hydroxyl groups excluding tert-OH is 1. The largest absolute Gasteiger partial charge is 0.462 e. The molecule has 0 aromatic heterocycles. The van der Waals surface area contributed by atoms with Gasteiger partial charge in [0.2, 0.25) is 6.29 Å². The number of aliphatic hydroxyl groups is 1. The molecule has 40 heavy (non-hydrogen) atoms. The predicted octanol–water partition coefficient (Wildman–Crippen LogP) is 4.39. The number of epoxide rings is 1. The van der Waals surface area contributed by atoms with Crippen LogP contribution >= 0.6 is 0 Å². The molecule has 7 unspecified atom stereocenters. The molecule has 222 valence electrons. The van der Waals surface area contributed by atoms with Gasteiger partial charge < -0.3 is 28.8 Å². The Kier molecular flexibility index (Phi) is 10.1. The van der Waals surface area contributed by atoms with Crippen LogP contribution in [0.1, 0.15) is 72.1 Å². The Hall–Kier alpha value is -2.65. The van der Waals surface area contributed by atoms with Crippen LogP contribution in [0.4, 0.5) is 0 Å². The Balaban J connectivity index is 1.43. The molecule has 4 rings (SSSR count). The van der Waals surface area contributed by atoms with E-state index in [2.05, 4.69) is 13.0 Å². The molecule has 0 amide bonds. The first kappa shape index (κ1) is 30.3. The highest BCUT2D eigenvalue weighted by molar-refractivity contribution is 5.82. The van der Waals surface area contributed by atoms with Gasteiger partial charge in [-0.3, -0.25) is 9.59 Å². The van der Waals surface area contributed by atoms with Gasteiger partial charge in [-0.05, 0) is 37.5 Å². The number of ether oxygens (including phenoxy) is 5. The number of fused-ring (bicyclic) bond motifs is 4. The van der Waals surface area contributed by atoms with Gasteiger partial charge in [-0.15, -0.1) is 0 Å². The molecule has 0 radical (unpaired) electrons. The molecular weight excluding hydrogens is 516 g/mol. The van der Waals surface area contributed by atoms with Gasteiger partial charge in [0.1, 0.15) is 18.8 Å². The normalized spacial score (nSPS) is 33.9. The molecule has 4 aliphatic rings. The van der Waals surface area contributed by atoms with Crippen LogP contribution in [0.2, 0.25) is 0 Å². The molecule has 3 fully saturated rings. The third-order valence-electron chi connectivity index (χ3n) is 9.03. The highest BCUT2D eigenvalue weighted by Gasteiger charge is 2.75. The molecule has 0 bridgehead atoms. The second kappa shape index (κ2) is 13.3. The van der Waals surface area contributed by atoms with Crippen LogP contribution in [0.5, 0.6) is 0 Å². The van der Waals surface area contributed by atoms with Crippen LogP contribution in [0, 0.1) is 29.1 Å². The smallest absolute Gasteiger partial charge is 0.330 e. The number of rotatable bonds is 14. The van der Waals surface area contributed by atoms with Gasteiger partial charge in [-0.25, -0.2) is 4.79 Å². The van der Waals surface area contributed by atoms with Gasteiger partial charge in [0.05, 0.1) is 25.4 Å². The van der Waals surface area contributed by atoms with Crippen LogP contribution < -0.4 is 0 Å². The quantitative estimate of drug-likeness (QED) is 0.0823. The molecule has 2 heterocycles. The summed E-state index contributed by atoms with van der Waals surface area (Å²) in [5, 5.41) is 10.6. The van der Waals surface area contributed by atoms with Crippen LogP contribution in [0.3, 0.4) is 0 Å². The Labute approximate surface area is 236 Å². The fourth-order valence-electron chi connectivity index (χ4n) is 6.91. The van der Waals surface area contributed by atoms with E-state index in [0.717, 1.165) is 24.8 Å². The topological polar surface area (TPSA) is 121 Å². The molecule has 1 N–H and O–H groups in total. The van der Waals surface area contributed by atoms with E-state index in [9.17, 15) is 19.5 Å². The molecule has 1 saturated heterocycles. The average Bonchev–Trinajstić information content (AvgIpc) is 3.83. The predicted molar refractivity (Wildman–Crippen MR) is 145 cm³/mol. The van der Waals surface area contributed by atoms with Crippen molar-refractivity contribution in [2.24, 2.45) is 29.1 Å². The Morgan fingerprint density at radius 1 is 1.07 bits per heavy atom. The number of hydrogen-bond donors (Lipinski definition) is 1. The van der Waals surface area contributed by atoms with Crippen LogP contribution in [0.15, 0.2) is 36.1 Å². The molecule has 2 saturated carbocycles. The fraction of sp³-hybridized carbons (Fsp3) is 0.710. The van der Waals surface area contributed by atoms with Crippen LogP contribution in [0.25, 0.3) is 0 Å². The van der Waals surface area contributed by atoms with E-state index < -0.39 is 35.2 Å². The van der Waals surface area contributed by atoms with Crippen LogP contribution in [-0.4, -0.2) is 61.3 Å². The van der Waals surface area contributed by atoms with E-state index in [-0.39, 0.29) is 43.5 Å². The highest BCUT2D eigenvalue weighted by Crippen LogP contribution is 2.72. The second-order valence-electron chi connectivity index (χ2n) is 11.7. The lowest BCUT2D eigenvalue weighted by Crippen LogP contribution is -2.48. The number of unbranched alkanes of at least 4 members (excludes halogenated alkanes) is 5. The average molecular weight is 561 g/mol. The maximum absolute atomic E-state index is 12.5. The first-order valence-electron chi connectivity index (χ1n) is 14.7. The summed E-state index contributed by atoms with van der Waals surface area (Å²) >= 11 is 0. The molecule has 7 atom stereocenters. The molecular formula is C31H44O9. The van der Waals surface area contributed by atoms with E-state index >= 15 is 0 Å². The minimum absolute atomic E-state index is 0.0254. The Morgan fingerprint density at radius 2 is 1.85 bits per heavy atom. The zero-order valence-corrected chi connectivity index (χ0v) is 24.0. The molecule has 1 spiro atoms.